The van der Waals surface area contributed by atoms with Crippen LogP contribution >= 0.6 is 11.3 Å². The Morgan fingerprint density at radius 2 is 2.26 bits per heavy atom. The van der Waals surface area contributed by atoms with Gasteiger partial charge < -0.3 is 5.32 Å². The van der Waals surface area contributed by atoms with Crippen molar-refractivity contribution in [3.05, 3.63) is 46.2 Å². The number of aromatic nitrogens is 3. The van der Waals surface area contributed by atoms with Gasteiger partial charge in [0.15, 0.2) is 5.65 Å². The van der Waals surface area contributed by atoms with Crippen LogP contribution in [0.2, 0.25) is 0 Å². The van der Waals surface area contributed by atoms with Crippen LogP contribution in [0, 0.1) is 22.7 Å². The van der Waals surface area contributed by atoms with Gasteiger partial charge in [-0.05, 0) is 42.2 Å². The number of anilines is 1. The van der Waals surface area contributed by atoms with Crippen LogP contribution in [0.3, 0.4) is 0 Å². The Hall–Kier alpha value is -2.72. The highest BCUT2D eigenvalue weighted by atomic mass is 32.1. The molecule has 0 fully saturated rings. The number of thiophene rings is 1. The van der Waals surface area contributed by atoms with E-state index in [4.69, 9.17) is 0 Å². The molecular weight excluding hydrogens is 358 g/mol. The maximum Gasteiger partial charge on any atom is 0.261 e. The van der Waals surface area contributed by atoms with Crippen molar-refractivity contribution < 1.29 is 4.79 Å². The minimum absolute atomic E-state index is 0.237. The summed E-state index contributed by atoms with van der Waals surface area (Å²) in [5.41, 5.74) is 2.86. The molecule has 0 saturated heterocycles. The molecule has 138 valence electrons. The smallest absolute Gasteiger partial charge is 0.261 e. The number of carbonyl (C=O) groups is 1. The molecule has 6 nitrogen and oxygen atoms in total. The van der Waals surface area contributed by atoms with E-state index in [0.717, 1.165) is 24.8 Å². The van der Waals surface area contributed by atoms with Crippen LogP contribution in [0.15, 0.2) is 24.7 Å². The third-order valence-electron chi connectivity index (χ3n) is 5.35. The van der Waals surface area contributed by atoms with Crippen LogP contribution in [0.5, 0.6) is 0 Å². The summed E-state index contributed by atoms with van der Waals surface area (Å²) in [7, 11) is 0. The van der Waals surface area contributed by atoms with Crippen molar-refractivity contribution in [1.29, 1.82) is 5.26 Å². The third-order valence-corrected chi connectivity index (χ3v) is 6.52. The van der Waals surface area contributed by atoms with E-state index in [0.29, 0.717) is 27.7 Å². The normalized spacial score (nSPS) is 16.7. The van der Waals surface area contributed by atoms with Gasteiger partial charge in [-0.1, -0.05) is 20.8 Å². The number of nitrogens with zero attached hydrogens (tertiary/aromatic N) is 4. The molecule has 1 N–H and O–H groups in total. The van der Waals surface area contributed by atoms with Gasteiger partial charge in [0.2, 0.25) is 0 Å². The lowest BCUT2D eigenvalue weighted by Crippen LogP contribution is -2.26. The summed E-state index contributed by atoms with van der Waals surface area (Å²) in [6, 6.07) is 4.06. The summed E-state index contributed by atoms with van der Waals surface area (Å²) in [6.45, 7) is 6.80. The zero-order chi connectivity index (χ0) is 19.2. The Morgan fingerprint density at radius 3 is 3.00 bits per heavy atom. The van der Waals surface area contributed by atoms with E-state index >= 15 is 0 Å². The number of nitriles is 1. The molecule has 1 atom stereocenters. The molecule has 1 aliphatic rings. The average Bonchev–Trinajstić information content (AvgIpc) is 3.21. The summed E-state index contributed by atoms with van der Waals surface area (Å²) in [5.74, 6) is 0.300. The van der Waals surface area contributed by atoms with Gasteiger partial charge in [0.25, 0.3) is 5.91 Å². The van der Waals surface area contributed by atoms with E-state index in [1.54, 1.807) is 23.0 Å². The second-order valence-corrected chi connectivity index (χ2v) is 9.13. The first kappa shape index (κ1) is 17.7. The number of carbonyl (C=O) groups excluding carboxylic acids is 1. The highest BCUT2D eigenvalue weighted by Gasteiger charge is 2.32. The SMILES string of the molecule is CC(C)(C)C1CCc2c(sc(NC(=O)c3cnn4cccnc34)c2C#N)C1. The highest BCUT2D eigenvalue weighted by Crippen LogP contribution is 2.44. The van der Waals surface area contributed by atoms with E-state index in [1.165, 1.54) is 22.4 Å². The van der Waals surface area contributed by atoms with Crippen LogP contribution < -0.4 is 5.32 Å². The van der Waals surface area contributed by atoms with Gasteiger partial charge in [-0.15, -0.1) is 11.3 Å². The van der Waals surface area contributed by atoms with Crippen LogP contribution in [0.25, 0.3) is 5.65 Å². The summed E-state index contributed by atoms with van der Waals surface area (Å²) in [4.78, 5) is 18.2. The largest absolute Gasteiger partial charge is 0.312 e. The molecule has 1 amide bonds. The quantitative estimate of drug-likeness (QED) is 0.728. The van der Waals surface area contributed by atoms with Gasteiger partial charge in [0.05, 0.1) is 11.8 Å². The third kappa shape index (κ3) is 3.10. The van der Waals surface area contributed by atoms with Crippen LogP contribution in [0.1, 0.15) is 53.6 Å². The first-order chi connectivity index (χ1) is 12.9. The monoisotopic (exact) mass is 379 g/mol. The van der Waals surface area contributed by atoms with E-state index in [9.17, 15) is 10.1 Å². The molecule has 1 aliphatic carbocycles. The molecule has 3 heterocycles. The molecule has 0 aromatic carbocycles. The molecular formula is C20H21N5OS. The number of hydrogen-bond acceptors (Lipinski definition) is 5. The maximum atomic E-state index is 12.8. The van der Waals surface area contributed by atoms with E-state index in [-0.39, 0.29) is 11.3 Å². The molecule has 0 spiro atoms. The predicted octanol–water partition coefficient (Wildman–Crippen LogP) is 4.07. The van der Waals surface area contributed by atoms with Gasteiger partial charge in [0.1, 0.15) is 16.6 Å². The lowest BCUT2D eigenvalue weighted by molar-refractivity contribution is 0.102. The zero-order valence-corrected chi connectivity index (χ0v) is 16.4. The van der Waals surface area contributed by atoms with Crippen molar-refractivity contribution in [2.75, 3.05) is 5.32 Å². The average molecular weight is 379 g/mol. The van der Waals surface area contributed by atoms with Gasteiger partial charge in [-0.2, -0.15) is 10.4 Å². The Kier molecular flexibility index (Phi) is 4.23. The Labute approximate surface area is 161 Å². The number of amides is 1. The molecule has 0 bridgehead atoms. The fourth-order valence-corrected chi connectivity index (χ4v) is 4.96. The highest BCUT2D eigenvalue weighted by molar-refractivity contribution is 7.16. The first-order valence-corrected chi connectivity index (χ1v) is 9.84. The Bertz CT molecular complexity index is 1070. The van der Waals surface area contributed by atoms with E-state index in [1.807, 2.05) is 0 Å². The standard InChI is InChI=1S/C20H21N5OS/c1-20(2,3)12-5-6-13-14(10-21)19(27-16(13)9-12)24-18(26)15-11-23-25-8-4-7-22-17(15)25/h4,7-8,11-12H,5-6,9H2,1-3H3,(H,24,26). The van der Waals surface area contributed by atoms with Crippen molar-refractivity contribution in [2.45, 2.75) is 40.0 Å². The lowest BCUT2D eigenvalue weighted by atomic mass is 9.72. The Morgan fingerprint density at radius 1 is 1.44 bits per heavy atom. The zero-order valence-electron chi connectivity index (χ0n) is 15.6. The molecule has 3 aromatic rings. The van der Waals surface area contributed by atoms with Crippen LogP contribution in [-0.4, -0.2) is 20.5 Å². The predicted molar refractivity (Wildman–Crippen MR) is 105 cm³/mol. The van der Waals surface area contributed by atoms with Gasteiger partial charge in [-0.3, -0.25) is 4.79 Å². The molecule has 0 radical (unpaired) electrons. The molecule has 0 saturated carbocycles. The molecule has 4 rings (SSSR count). The summed E-state index contributed by atoms with van der Waals surface area (Å²) < 4.78 is 1.56. The maximum absolute atomic E-state index is 12.8. The lowest BCUT2D eigenvalue weighted by Gasteiger charge is -2.33. The van der Waals surface area contributed by atoms with Crippen molar-refractivity contribution in [3.8, 4) is 6.07 Å². The molecule has 3 aromatic heterocycles. The molecule has 27 heavy (non-hydrogen) atoms. The number of rotatable bonds is 2. The van der Waals surface area contributed by atoms with Crippen molar-refractivity contribution in [1.82, 2.24) is 14.6 Å². The summed E-state index contributed by atoms with van der Waals surface area (Å²) in [5, 5.41) is 17.4. The summed E-state index contributed by atoms with van der Waals surface area (Å²) in [6.07, 6.45) is 7.82. The van der Waals surface area contributed by atoms with Crippen LogP contribution in [0.4, 0.5) is 5.00 Å². The van der Waals surface area contributed by atoms with Gasteiger partial charge in [0, 0.05) is 17.3 Å². The fourth-order valence-electron chi connectivity index (χ4n) is 3.69. The molecule has 7 heteroatoms. The number of nitrogens with one attached hydrogen (secondary N) is 1. The summed E-state index contributed by atoms with van der Waals surface area (Å²) >= 11 is 1.54. The van der Waals surface area contributed by atoms with E-state index < -0.39 is 0 Å². The number of hydrogen-bond donors (Lipinski definition) is 1. The molecule has 1 unspecified atom stereocenters. The molecule has 0 aliphatic heterocycles. The minimum Gasteiger partial charge on any atom is -0.312 e. The minimum atomic E-state index is -0.286. The van der Waals surface area contributed by atoms with Crippen molar-refractivity contribution in [2.24, 2.45) is 11.3 Å². The number of fused-ring (bicyclic) bond motifs is 2. The van der Waals surface area contributed by atoms with Gasteiger partial charge >= 0.3 is 0 Å². The second-order valence-electron chi connectivity index (χ2n) is 8.03. The van der Waals surface area contributed by atoms with E-state index in [2.05, 4.69) is 42.2 Å². The van der Waals surface area contributed by atoms with Crippen molar-refractivity contribution in [3.63, 3.8) is 0 Å². The first-order valence-electron chi connectivity index (χ1n) is 9.03. The van der Waals surface area contributed by atoms with Crippen molar-refractivity contribution >= 4 is 27.9 Å². The fraction of sp³-hybridized carbons (Fsp3) is 0.400. The second kappa shape index (κ2) is 6.46. The van der Waals surface area contributed by atoms with Crippen LogP contribution in [-0.2, 0) is 12.8 Å². The topological polar surface area (TPSA) is 83.1 Å². The van der Waals surface area contributed by atoms with Gasteiger partial charge in [-0.25, -0.2) is 9.50 Å². The Balaban J connectivity index is 1.64.